The Balaban J connectivity index is 0.000000770. The Morgan fingerprint density at radius 3 is 2.29 bits per heavy atom. The van der Waals surface area contributed by atoms with E-state index in [4.69, 9.17) is 9.47 Å². The molecule has 1 aliphatic rings. The van der Waals surface area contributed by atoms with Crippen LogP contribution in [-0.4, -0.2) is 49.8 Å². The second-order valence-electron chi connectivity index (χ2n) is 4.24. The lowest BCUT2D eigenvalue weighted by molar-refractivity contribution is -0.145. The molecule has 0 aromatic heterocycles. The summed E-state index contributed by atoms with van der Waals surface area (Å²) in [5.41, 5.74) is 0. The van der Waals surface area contributed by atoms with Crippen molar-refractivity contribution in [1.82, 2.24) is 4.90 Å². The standard InChI is InChI=1S/C10H19NO3.C3H8/c1-3-10(12)14-8-9(2)11-4-6-13-7-5-11;1-3-2/h9H,3-8H2,1-2H3;3H2,1-2H3. The van der Waals surface area contributed by atoms with Crippen LogP contribution in [0.5, 0.6) is 0 Å². The van der Waals surface area contributed by atoms with Crippen molar-refractivity contribution in [2.45, 2.75) is 46.6 Å². The summed E-state index contributed by atoms with van der Waals surface area (Å²) in [7, 11) is 0. The highest BCUT2D eigenvalue weighted by atomic mass is 16.5. The maximum Gasteiger partial charge on any atom is 0.305 e. The predicted molar refractivity (Wildman–Crippen MR) is 69.1 cm³/mol. The third-order valence-electron chi connectivity index (χ3n) is 2.44. The molecule has 1 unspecified atom stereocenters. The van der Waals surface area contributed by atoms with Crippen molar-refractivity contribution in [3.8, 4) is 0 Å². The van der Waals surface area contributed by atoms with Crippen LogP contribution in [0.1, 0.15) is 40.5 Å². The predicted octanol–water partition coefficient (Wildman–Crippen LogP) is 2.08. The van der Waals surface area contributed by atoms with Gasteiger partial charge in [0.1, 0.15) is 6.61 Å². The number of hydrogen-bond acceptors (Lipinski definition) is 4. The molecular weight excluding hydrogens is 218 g/mol. The molecule has 0 aromatic carbocycles. The number of carbonyl (C=O) groups excluding carboxylic acids is 1. The molecule has 1 aliphatic heterocycles. The minimum atomic E-state index is -0.120. The molecule has 102 valence electrons. The number of carbonyl (C=O) groups is 1. The molecule has 1 saturated heterocycles. The van der Waals surface area contributed by atoms with Crippen molar-refractivity contribution in [3.63, 3.8) is 0 Å². The van der Waals surface area contributed by atoms with Crippen LogP contribution in [0.15, 0.2) is 0 Å². The summed E-state index contributed by atoms with van der Waals surface area (Å²) in [6.07, 6.45) is 1.70. The highest BCUT2D eigenvalue weighted by Gasteiger charge is 2.17. The van der Waals surface area contributed by atoms with Gasteiger partial charge in [-0.2, -0.15) is 0 Å². The topological polar surface area (TPSA) is 38.8 Å². The Hall–Kier alpha value is -0.610. The number of rotatable bonds is 4. The van der Waals surface area contributed by atoms with Crippen LogP contribution in [-0.2, 0) is 14.3 Å². The minimum Gasteiger partial charge on any atom is -0.464 e. The molecule has 4 heteroatoms. The zero-order chi connectivity index (χ0) is 13.1. The lowest BCUT2D eigenvalue weighted by Gasteiger charge is -2.31. The molecule has 1 atom stereocenters. The molecule has 1 heterocycles. The van der Waals surface area contributed by atoms with Gasteiger partial charge in [0.05, 0.1) is 13.2 Å². The molecule has 0 aliphatic carbocycles. The van der Waals surface area contributed by atoms with Crippen LogP contribution >= 0.6 is 0 Å². The van der Waals surface area contributed by atoms with E-state index in [1.807, 2.05) is 6.92 Å². The van der Waals surface area contributed by atoms with Gasteiger partial charge >= 0.3 is 5.97 Å². The van der Waals surface area contributed by atoms with E-state index >= 15 is 0 Å². The zero-order valence-corrected chi connectivity index (χ0v) is 11.7. The number of hydrogen-bond donors (Lipinski definition) is 0. The summed E-state index contributed by atoms with van der Waals surface area (Å²) < 4.78 is 10.3. The zero-order valence-electron chi connectivity index (χ0n) is 11.7. The summed E-state index contributed by atoms with van der Waals surface area (Å²) in [4.78, 5) is 13.2. The normalized spacial score (nSPS) is 17.9. The fraction of sp³-hybridized carbons (Fsp3) is 0.923. The van der Waals surface area contributed by atoms with Crippen LogP contribution in [0.25, 0.3) is 0 Å². The largest absolute Gasteiger partial charge is 0.464 e. The fourth-order valence-corrected chi connectivity index (χ4v) is 1.44. The highest BCUT2D eigenvalue weighted by Crippen LogP contribution is 2.04. The monoisotopic (exact) mass is 245 g/mol. The molecule has 0 N–H and O–H groups in total. The third-order valence-corrected chi connectivity index (χ3v) is 2.44. The van der Waals surface area contributed by atoms with Gasteiger partial charge < -0.3 is 9.47 Å². The maximum atomic E-state index is 10.9. The van der Waals surface area contributed by atoms with Crippen LogP contribution in [0.4, 0.5) is 0 Å². The fourth-order valence-electron chi connectivity index (χ4n) is 1.44. The van der Waals surface area contributed by atoms with Crippen molar-refractivity contribution in [1.29, 1.82) is 0 Å². The molecule has 0 radical (unpaired) electrons. The van der Waals surface area contributed by atoms with Crippen molar-refractivity contribution in [2.24, 2.45) is 0 Å². The van der Waals surface area contributed by atoms with Gasteiger partial charge in [0, 0.05) is 25.6 Å². The average Bonchev–Trinajstić information content (AvgIpc) is 2.37. The van der Waals surface area contributed by atoms with Crippen LogP contribution in [0.2, 0.25) is 0 Å². The first-order valence-electron chi connectivity index (χ1n) is 6.63. The number of esters is 1. The maximum absolute atomic E-state index is 10.9. The van der Waals surface area contributed by atoms with Gasteiger partial charge in [-0.25, -0.2) is 0 Å². The van der Waals surface area contributed by atoms with E-state index in [0.29, 0.717) is 19.1 Å². The van der Waals surface area contributed by atoms with Gasteiger partial charge in [-0.1, -0.05) is 27.2 Å². The van der Waals surface area contributed by atoms with Crippen LogP contribution < -0.4 is 0 Å². The molecule has 0 amide bonds. The Labute approximate surface area is 105 Å². The van der Waals surface area contributed by atoms with Crippen molar-refractivity contribution in [2.75, 3.05) is 32.9 Å². The molecule has 0 saturated carbocycles. The quantitative estimate of drug-likeness (QED) is 0.711. The summed E-state index contributed by atoms with van der Waals surface area (Å²) in [5, 5.41) is 0. The Morgan fingerprint density at radius 2 is 1.82 bits per heavy atom. The Bertz CT molecular complexity index is 191. The molecule has 0 spiro atoms. The van der Waals surface area contributed by atoms with Gasteiger partial charge in [-0.15, -0.1) is 0 Å². The highest BCUT2D eigenvalue weighted by molar-refractivity contribution is 5.68. The Kier molecular flexibility index (Phi) is 10.2. The number of ether oxygens (including phenoxy) is 2. The van der Waals surface area contributed by atoms with E-state index in [2.05, 4.69) is 25.7 Å². The van der Waals surface area contributed by atoms with Gasteiger partial charge in [0.2, 0.25) is 0 Å². The van der Waals surface area contributed by atoms with E-state index in [1.165, 1.54) is 6.42 Å². The van der Waals surface area contributed by atoms with E-state index in [9.17, 15) is 4.79 Å². The average molecular weight is 245 g/mol. The summed E-state index contributed by atoms with van der Waals surface area (Å²) >= 11 is 0. The minimum absolute atomic E-state index is 0.120. The van der Waals surface area contributed by atoms with E-state index < -0.39 is 0 Å². The van der Waals surface area contributed by atoms with E-state index in [-0.39, 0.29) is 5.97 Å². The first kappa shape index (κ1) is 16.4. The van der Waals surface area contributed by atoms with Gasteiger partial charge in [-0.05, 0) is 6.92 Å². The van der Waals surface area contributed by atoms with E-state index in [1.54, 1.807) is 0 Å². The lowest BCUT2D eigenvalue weighted by Crippen LogP contribution is -2.44. The second kappa shape index (κ2) is 10.5. The molecule has 4 nitrogen and oxygen atoms in total. The lowest BCUT2D eigenvalue weighted by atomic mass is 10.3. The summed E-state index contributed by atoms with van der Waals surface area (Å²) in [5.74, 6) is -0.120. The second-order valence-corrected chi connectivity index (χ2v) is 4.24. The molecule has 0 bridgehead atoms. The molecule has 1 rings (SSSR count). The first-order chi connectivity index (χ1) is 8.15. The van der Waals surface area contributed by atoms with Gasteiger partial charge in [0.15, 0.2) is 0 Å². The van der Waals surface area contributed by atoms with E-state index in [0.717, 1.165) is 26.3 Å². The van der Waals surface area contributed by atoms with Crippen molar-refractivity contribution >= 4 is 5.97 Å². The van der Waals surface area contributed by atoms with Crippen molar-refractivity contribution in [3.05, 3.63) is 0 Å². The number of morpholine rings is 1. The molecule has 0 aromatic rings. The Morgan fingerprint density at radius 1 is 1.29 bits per heavy atom. The smallest absolute Gasteiger partial charge is 0.305 e. The molecule has 17 heavy (non-hydrogen) atoms. The first-order valence-corrected chi connectivity index (χ1v) is 6.63. The number of nitrogens with zero attached hydrogens (tertiary/aromatic N) is 1. The summed E-state index contributed by atoms with van der Waals surface area (Å²) in [6, 6.07) is 0.300. The third kappa shape index (κ3) is 8.16. The molecular formula is C13H27NO3. The van der Waals surface area contributed by atoms with Crippen molar-refractivity contribution < 1.29 is 14.3 Å². The SMILES string of the molecule is CCC.CCC(=O)OCC(C)N1CCOCC1. The van der Waals surface area contributed by atoms with Gasteiger partial charge in [0.25, 0.3) is 0 Å². The summed E-state index contributed by atoms with van der Waals surface area (Å²) in [6.45, 7) is 12.1. The van der Waals surface area contributed by atoms with Gasteiger partial charge in [-0.3, -0.25) is 9.69 Å². The molecule has 1 fully saturated rings. The van der Waals surface area contributed by atoms with Crippen LogP contribution in [0, 0.1) is 0 Å². The van der Waals surface area contributed by atoms with Crippen LogP contribution in [0.3, 0.4) is 0 Å².